The average Bonchev–Trinajstić information content (AvgIpc) is 2.90. The number of thiophene rings is 1. The fourth-order valence-electron chi connectivity index (χ4n) is 3.02. The molecular weight excluding hydrogens is 228 g/mol. The lowest BCUT2D eigenvalue weighted by Crippen LogP contribution is -2.42. The van der Waals surface area contributed by atoms with Crippen molar-refractivity contribution in [2.75, 3.05) is 6.54 Å². The van der Waals surface area contributed by atoms with E-state index < -0.39 is 0 Å². The van der Waals surface area contributed by atoms with Gasteiger partial charge in [-0.15, -0.1) is 11.3 Å². The molecule has 0 saturated carbocycles. The molecule has 1 aliphatic rings. The van der Waals surface area contributed by atoms with Crippen molar-refractivity contribution >= 4 is 11.3 Å². The number of nitrogens with two attached hydrogens (primary N) is 1. The maximum atomic E-state index is 6.36. The molecule has 1 aromatic heterocycles. The summed E-state index contributed by atoms with van der Waals surface area (Å²) in [5, 5.41) is 2.16. The molecule has 0 radical (unpaired) electrons. The minimum Gasteiger partial charge on any atom is -0.326 e. The summed E-state index contributed by atoms with van der Waals surface area (Å²) in [7, 11) is 0. The van der Waals surface area contributed by atoms with Crippen molar-refractivity contribution in [1.29, 1.82) is 0 Å². The van der Waals surface area contributed by atoms with Crippen LogP contribution in [0.1, 0.15) is 44.5 Å². The highest BCUT2D eigenvalue weighted by Crippen LogP contribution is 2.36. The van der Waals surface area contributed by atoms with Gasteiger partial charge < -0.3 is 5.73 Å². The summed E-state index contributed by atoms with van der Waals surface area (Å²) in [6.45, 7) is 8.07. The van der Waals surface area contributed by atoms with E-state index in [1.807, 2.05) is 11.3 Å². The first-order valence-electron chi connectivity index (χ1n) is 6.68. The van der Waals surface area contributed by atoms with Crippen molar-refractivity contribution in [2.45, 2.75) is 51.7 Å². The van der Waals surface area contributed by atoms with Crippen molar-refractivity contribution in [3.63, 3.8) is 0 Å². The monoisotopic (exact) mass is 252 g/mol. The highest BCUT2D eigenvalue weighted by molar-refractivity contribution is 7.10. The molecule has 1 saturated heterocycles. The second-order valence-corrected chi connectivity index (χ2v) is 6.40. The Kier molecular flexibility index (Phi) is 4.23. The minimum absolute atomic E-state index is 0.251. The van der Waals surface area contributed by atoms with Crippen LogP contribution in [0.4, 0.5) is 0 Å². The third-order valence-corrected chi connectivity index (χ3v) is 4.84. The third kappa shape index (κ3) is 2.72. The van der Waals surface area contributed by atoms with E-state index in [4.69, 9.17) is 5.73 Å². The van der Waals surface area contributed by atoms with Gasteiger partial charge in [0.25, 0.3) is 0 Å². The first-order chi connectivity index (χ1) is 8.13. The van der Waals surface area contributed by atoms with Crippen LogP contribution in [-0.2, 0) is 0 Å². The summed E-state index contributed by atoms with van der Waals surface area (Å²) in [5.41, 5.74) is 6.36. The van der Waals surface area contributed by atoms with Crippen LogP contribution < -0.4 is 5.73 Å². The van der Waals surface area contributed by atoms with Gasteiger partial charge >= 0.3 is 0 Å². The molecule has 2 heterocycles. The molecule has 0 spiro atoms. The normalized spacial score (nSPS) is 29.4. The lowest BCUT2D eigenvalue weighted by Gasteiger charge is -2.34. The van der Waals surface area contributed by atoms with Crippen molar-refractivity contribution in [1.82, 2.24) is 4.90 Å². The maximum absolute atomic E-state index is 6.36. The van der Waals surface area contributed by atoms with Gasteiger partial charge in [-0.1, -0.05) is 19.9 Å². The summed E-state index contributed by atoms with van der Waals surface area (Å²) in [4.78, 5) is 4.05. The van der Waals surface area contributed by atoms with Crippen molar-refractivity contribution in [3.05, 3.63) is 22.4 Å². The van der Waals surface area contributed by atoms with Crippen LogP contribution in [-0.4, -0.2) is 23.5 Å². The Bertz CT molecular complexity index is 336. The molecular formula is C14H24N2S. The van der Waals surface area contributed by atoms with Crippen LogP contribution in [0.5, 0.6) is 0 Å². The number of hydrogen-bond acceptors (Lipinski definition) is 3. The molecule has 1 aromatic rings. The molecule has 0 aromatic carbocycles. The fraction of sp³-hybridized carbons (Fsp3) is 0.714. The summed E-state index contributed by atoms with van der Waals surface area (Å²) >= 11 is 1.84. The van der Waals surface area contributed by atoms with E-state index in [0.717, 1.165) is 12.3 Å². The van der Waals surface area contributed by atoms with Crippen LogP contribution in [0, 0.1) is 5.92 Å². The second-order valence-electron chi connectivity index (χ2n) is 5.42. The van der Waals surface area contributed by atoms with Gasteiger partial charge in [0.15, 0.2) is 0 Å². The van der Waals surface area contributed by atoms with Gasteiger partial charge in [0, 0.05) is 23.5 Å². The maximum Gasteiger partial charge on any atom is 0.0595 e. The highest BCUT2D eigenvalue weighted by Gasteiger charge is 2.35. The molecule has 1 fully saturated rings. The summed E-state index contributed by atoms with van der Waals surface area (Å²) in [6, 6.07) is 5.70. The average molecular weight is 252 g/mol. The third-order valence-electron chi connectivity index (χ3n) is 3.90. The molecule has 0 amide bonds. The highest BCUT2D eigenvalue weighted by atomic mass is 32.1. The molecule has 4 unspecified atom stereocenters. The molecule has 4 atom stereocenters. The van der Waals surface area contributed by atoms with Crippen LogP contribution in [0.15, 0.2) is 17.5 Å². The molecule has 0 bridgehead atoms. The Morgan fingerprint density at radius 2 is 2.29 bits per heavy atom. The first-order valence-corrected chi connectivity index (χ1v) is 7.56. The zero-order valence-corrected chi connectivity index (χ0v) is 11.9. The van der Waals surface area contributed by atoms with Crippen molar-refractivity contribution < 1.29 is 0 Å². The predicted molar refractivity (Wildman–Crippen MR) is 75.3 cm³/mol. The minimum atomic E-state index is 0.251. The first kappa shape index (κ1) is 13.1. The molecule has 17 heavy (non-hydrogen) atoms. The Balaban J connectivity index is 2.22. The van der Waals surface area contributed by atoms with Crippen molar-refractivity contribution in [2.24, 2.45) is 11.7 Å². The van der Waals surface area contributed by atoms with Crippen molar-refractivity contribution in [3.8, 4) is 0 Å². The van der Waals surface area contributed by atoms with E-state index in [-0.39, 0.29) is 6.04 Å². The van der Waals surface area contributed by atoms with Gasteiger partial charge in [-0.05, 0) is 37.1 Å². The van der Waals surface area contributed by atoms with Crippen LogP contribution >= 0.6 is 11.3 Å². The molecule has 2 nitrogen and oxygen atoms in total. The molecule has 0 aliphatic carbocycles. The zero-order chi connectivity index (χ0) is 12.4. The van der Waals surface area contributed by atoms with Gasteiger partial charge in [-0.3, -0.25) is 4.90 Å². The van der Waals surface area contributed by atoms with Crippen LogP contribution in [0.3, 0.4) is 0 Å². The second kappa shape index (κ2) is 5.51. The lowest BCUT2D eigenvalue weighted by molar-refractivity contribution is 0.163. The molecule has 3 heteroatoms. The van der Waals surface area contributed by atoms with Gasteiger partial charge in [-0.25, -0.2) is 0 Å². The number of likely N-dealkylation sites (tertiary alicyclic amines) is 1. The Morgan fingerprint density at radius 3 is 2.76 bits per heavy atom. The van der Waals surface area contributed by atoms with Crippen LogP contribution in [0.25, 0.3) is 0 Å². The largest absolute Gasteiger partial charge is 0.326 e. The predicted octanol–water partition coefficient (Wildman–Crippen LogP) is 3.26. The Hall–Kier alpha value is -0.380. The van der Waals surface area contributed by atoms with Crippen LogP contribution in [0.2, 0.25) is 0 Å². The topological polar surface area (TPSA) is 29.3 Å². The SMILES string of the molecule is CCC(N)C(c1cccs1)N1CC(C)CC1C. The van der Waals surface area contributed by atoms with Gasteiger partial charge in [0.1, 0.15) is 0 Å². The lowest BCUT2D eigenvalue weighted by atomic mass is 10.0. The molecule has 96 valence electrons. The Morgan fingerprint density at radius 1 is 1.53 bits per heavy atom. The summed E-state index contributed by atoms with van der Waals surface area (Å²) in [6.07, 6.45) is 2.35. The number of rotatable bonds is 4. The van der Waals surface area contributed by atoms with E-state index in [1.165, 1.54) is 17.8 Å². The van der Waals surface area contributed by atoms with E-state index in [2.05, 4.69) is 43.2 Å². The quantitative estimate of drug-likeness (QED) is 0.891. The molecule has 1 aliphatic heterocycles. The number of hydrogen-bond donors (Lipinski definition) is 1. The molecule has 2 N–H and O–H groups in total. The zero-order valence-electron chi connectivity index (χ0n) is 11.1. The smallest absolute Gasteiger partial charge is 0.0595 e. The van der Waals surface area contributed by atoms with Gasteiger partial charge in [0.2, 0.25) is 0 Å². The van der Waals surface area contributed by atoms with E-state index in [1.54, 1.807) is 0 Å². The Labute approximate surface area is 109 Å². The standard InChI is InChI=1S/C14H24N2S/c1-4-12(15)14(13-6-5-7-17-13)16-9-10(2)8-11(16)3/h5-7,10-12,14H,4,8-9,15H2,1-3H3. The van der Waals surface area contributed by atoms with E-state index in [0.29, 0.717) is 12.1 Å². The number of nitrogens with zero attached hydrogens (tertiary/aromatic N) is 1. The van der Waals surface area contributed by atoms with Gasteiger partial charge in [0.05, 0.1) is 6.04 Å². The molecule has 2 rings (SSSR count). The van der Waals surface area contributed by atoms with E-state index in [9.17, 15) is 0 Å². The fourth-order valence-corrected chi connectivity index (χ4v) is 3.94. The summed E-state index contributed by atoms with van der Waals surface area (Å²) in [5.74, 6) is 0.802. The van der Waals surface area contributed by atoms with E-state index >= 15 is 0 Å². The summed E-state index contributed by atoms with van der Waals surface area (Å²) < 4.78 is 0. The van der Waals surface area contributed by atoms with Gasteiger partial charge in [-0.2, -0.15) is 0 Å².